The minimum atomic E-state index is -0.438. The molecule has 1 amide bonds. The van der Waals surface area contributed by atoms with Gasteiger partial charge >= 0.3 is 0 Å². The standard InChI is InChI=1S/C37H30N6O2/c1-24-11-13-26(14-12-24)33-22-34(43(40-33)37(45)30-8-6-7-29(21-30)25(2)44)32-23-42(31-9-4-3-5-10-31)41-35(32)27-15-17-28(18-16-27)36-38-19-20-39-36/h3-21,23,34H,22H2,1-2H3,(H,38,39). The normalized spacial score (nSPS) is 14.4. The summed E-state index contributed by atoms with van der Waals surface area (Å²) in [4.78, 5) is 33.9. The van der Waals surface area contributed by atoms with E-state index in [1.165, 1.54) is 6.92 Å². The first-order valence-corrected chi connectivity index (χ1v) is 14.8. The highest BCUT2D eigenvalue weighted by Gasteiger charge is 2.37. The van der Waals surface area contributed by atoms with Gasteiger partial charge < -0.3 is 4.98 Å². The minimum Gasteiger partial charge on any atom is -0.345 e. The number of aromatic nitrogens is 4. The van der Waals surface area contributed by atoms with Crippen molar-refractivity contribution in [1.82, 2.24) is 24.8 Å². The number of hydrogen-bond acceptors (Lipinski definition) is 5. The molecule has 220 valence electrons. The topological polar surface area (TPSA) is 96.2 Å². The maximum atomic E-state index is 14.2. The lowest BCUT2D eigenvalue weighted by molar-refractivity contribution is 0.0711. The van der Waals surface area contributed by atoms with Crippen molar-refractivity contribution in [2.75, 3.05) is 0 Å². The number of carbonyl (C=O) groups excluding carboxylic acids is 2. The molecule has 3 heterocycles. The van der Waals surface area contributed by atoms with E-state index in [9.17, 15) is 9.59 Å². The van der Waals surface area contributed by atoms with Crippen molar-refractivity contribution in [2.45, 2.75) is 26.3 Å². The molecular formula is C37H30N6O2. The van der Waals surface area contributed by atoms with Crippen LogP contribution < -0.4 is 0 Å². The van der Waals surface area contributed by atoms with Crippen LogP contribution in [0.1, 0.15) is 56.8 Å². The molecule has 8 heteroatoms. The van der Waals surface area contributed by atoms with Crippen LogP contribution in [0.2, 0.25) is 0 Å². The summed E-state index contributed by atoms with van der Waals surface area (Å²) in [7, 11) is 0. The molecule has 0 fully saturated rings. The Bertz CT molecular complexity index is 2030. The van der Waals surface area contributed by atoms with Gasteiger partial charge in [0, 0.05) is 52.8 Å². The molecule has 1 aliphatic heterocycles. The van der Waals surface area contributed by atoms with Crippen LogP contribution in [0.15, 0.2) is 127 Å². The van der Waals surface area contributed by atoms with Crippen molar-refractivity contribution < 1.29 is 9.59 Å². The fraction of sp³-hybridized carbons (Fsp3) is 0.108. The smallest absolute Gasteiger partial charge is 0.274 e. The fourth-order valence-electron chi connectivity index (χ4n) is 5.64. The molecular weight excluding hydrogens is 560 g/mol. The number of aryl methyl sites for hydroxylation is 1. The second kappa shape index (κ2) is 11.7. The van der Waals surface area contributed by atoms with Crippen LogP contribution in [0.4, 0.5) is 0 Å². The summed E-state index contributed by atoms with van der Waals surface area (Å²) in [5.41, 5.74) is 8.19. The van der Waals surface area contributed by atoms with Gasteiger partial charge in [-0.2, -0.15) is 10.2 Å². The third-order valence-corrected chi connectivity index (χ3v) is 8.07. The lowest BCUT2D eigenvalue weighted by atomic mass is 9.95. The molecule has 1 aliphatic rings. The molecule has 0 spiro atoms. The van der Waals surface area contributed by atoms with Crippen LogP contribution in [0, 0.1) is 6.92 Å². The van der Waals surface area contributed by atoms with Crippen LogP contribution in [-0.4, -0.2) is 42.2 Å². The maximum absolute atomic E-state index is 14.2. The molecule has 0 radical (unpaired) electrons. The third kappa shape index (κ3) is 5.49. The number of ketones is 1. The van der Waals surface area contributed by atoms with Gasteiger partial charge in [0.2, 0.25) is 0 Å². The Hall–Kier alpha value is -5.89. The number of benzene rings is 4. The number of nitrogens with zero attached hydrogens (tertiary/aromatic N) is 5. The summed E-state index contributed by atoms with van der Waals surface area (Å²) in [5.74, 6) is 0.403. The van der Waals surface area contributed by atoms with Crippen LogP contribution in [-0.2, 0) is 0 Å². The lowest BCUT2D eigenvalue weighted by Crippen LogP contribution is -2.27. The fourth-order valence-corrected chi connectivity index (χ4v) is 5.64. The van der Waals surface area contributed by atoms with Gasteiger partial charge in [0.25, 0.3) is 5.91 Å². The number of H-pyrrole nitrogens is 1. The Kier molecular flexibility index (Phi) is 7.23. The van der Waals surface area contributed by atoms with E-state index in [0.29, 0.717) is 17.5 Å². The predicted molar refractivity (Wildman–Crippen MR) is 174 cm³/mol. The molecule has 0 aliphatic carbocycles. The number of rotatable bonds is 7. The zero-order valence-corrected chi connectivity index (χ0v) is 24.9. The molecule has 0 saturated carbocycles. The number of nitrogens with one attached hydrogen (secondary N) is 1. The minimum absolute atomic E-state index is 0.101. The number of hydrogen-bond donors (Lipinski definition) is 1. The zero-order chi connectivity index (χ0) is 30.9. The largest absolute Gasteiger partial charge is 0.345 e. The molecule has 45 heavy (non-hydrogen) atoms. The van der Waals surface area contributed by atoms with Crippen LogP contribution in [0.3, 0.4) is 0 Å². The highest BCUT2D eigenvalue weighted by Crippen LogP contribution is 2.39. The lowest BCUT2D eigenvalue weighted by Gasteiger charge is -2.22. The Labute approximate surface area is 260 Å². The van der Waals surface area contributed by atoms with E-state index < -0.39 is 6.04 Å². The molecule has 0 bridgehead atoms. The molecule has 8 nitrogen and oxygen atoms in total. The summed E-state index contributed by atoms with van der Waals surface area (Å²) in [5, 5.41) is 11.5. The first-order chi connectivity index (χ1) is 21.9. The van der Waals surface area contributed by atoms with Crippen LogP contribution in [0.5, 0.6) is 0 Å². The quantitative estimate of drug-likeness (QED) is 0.196. The summed E-state index contributed by atoms with van der Waals surface area (Å²) < 4.78 is 1.86. The van der Waals surface area contributed by atoms with Gasteiger partial charge in [0.05, 0.1) is 23.1 Å². The number of aromatic amines is 1. The summed E-state index contributed by atoms with van der Waals surface area (Å²) in [6, 6.07) is 32.6. The van der Waals surface area contributed by atoms with E-state index in [4.69, 9.17) is 10.2 Å². The third-order valence-electron chi connectivity index (χ3n) is 8.07. The van der Waals surface area contributed by atoms with E-state index in [2.05, 4.69) is 9.97 Å². The number of hydrazone groups is 1. The second-order valence-electron chi connectivity index (χ2n) is 11.1. The van der Waals surface area contributed by atoms with Crippen LogP contribution >= 0.6 is 0 Å². The highest BCUT2D eigenvalue weighted by molar-refractivity contribution is 6.06. The summed E-state index contributed by atoms with van der Waals surface area (Å²) >= 11 is 0. The second-order valence-corrected chi connectivity index (χ2v) is 11.1. The van der Waals surface area contributed by atoms with Gasteiger partial charge in [-0.05, 0) is 43.7 Å². The van der Waals surface area contributed by atoms with Crippen molar-refractivity contribution in [3.05, 3.63) is 150 Å². The Balaban J connectivity index is 1.35. The summed E-state index contributed by atoms with van der Waals surface area (Å²) in [6.07, 6.45) is 6.02. The van der Waals surface area contributed by atoms with Crippen LogP contribution in [0.25, 0.3) is 28.3 Å². The first kappa shape index (κ1) is 27.9. The Morgan fingerprint density at radius 2 is 1.53 bits per heavy atom. The monoisotopic (exact) mass is 590 g/mol. The first-order valence-electron chi connectivity index (χ1n) is 14.8. The molecule has 1 atom stereocenters. The Morgan fingerprint density at radius 3 is 2.24 bits per heavy atom. The number of Topliss-reactive ketones (excluding diaryl/α,β-unsaturated/α-hetero) is 1. The molecule has 6 aromatic rings. The number of imidazole rings is 1. The van der Waals surface area contributed by atoms with E-state index in [1.807, 2.05) is 96.7 Å². The van der Waals surface area contributed by atoms with Crippen molar-refractivity contribution in [3.63, 3.8) is 0 Å². The molecule has 1 unspecified atom stereocenters. The maximum Gasteiger partial charge on any atom is 0.274 e. The van der Waals surface area contributed by atoms with E-state index in [1.54, 1.807) is 41.7 Å². The van der Waals surface area contributed by atoms with Crippen molar-refractivity contribution >= 4 is 17.4 Å². The number of para-hydroxylation sites is 1. The number of amides is 1. The van der Waals surface area contributed by atoms with Crippen molar-refractivity contribution in [1.29, 1.82) is 0 Å². The molecule has 4 aromatic carbocycles. The molecule has 7 rings (SSSR count). The highest BCUT2D eigenvalue weighted by atomic mass is 16.2. The predicted octanol–water partition coefficient (Wildman–Crippen LogP) is 7.43. The average molecular weight is 591 g/mol. The zero-order valence-electron chi connectivity index (χ0n) is 24.9. The SMILES string of the molecule is CC(=O)c1cccc(C(=O)N2N=C(c3ccc(C)cc3)CC2c2cn(-c3ccccc3)nc2-c2ccc(-c3ncc[nH]3)cc2)c1. The van der Waals surface area contributed by atoms with E-state index in [-0.39, 0.29) is 11.7 Å². The van der Waals surface area contributed by atoms with E-state index in [0.717, 1.165) is 50.7 Å². The van der Waals surface area contributed by atoms with Gasteiger partial charge in [0.1, 0.15) is 5.82 Å². The van der Waals surface area contributed by atoms with Crippen molar-refractivity contribution in [2.24, 2.45) is 5.10 Å². The molecule has 1 N–H and O–H groups in total. The van der Waals surface area contributed by atoms with Gasteiger partial charge in [-0.25, -0.2) is 14.7 Å². The van der Waals surface area contributed by atoms with Gasteiger partial charge in [-0.1, -0.05) is 84.4 Å². The number of carbonyl (C=O) groups is 2. The van der Waals surface area contributed by atoms with Gasteiger partial charge in [-0.15, -0.1) is 0 Å². The molecule has 0 saturated heterocycles. The average Bonchev–Trinajstić information content (AvgIpc) is 3.86. The molecule has 2 aromatic heterocycles. The van der Waals surface area contributed by atoms with Gasteiger partial charge in [-0.3, -0.25) is 9.59 Å². The summed E-state index contributed by atoms with van der Waals surface area (Å²) in [6.45, 7) is 3.54. The van der Waals surface area contributed by atoms with Crippen molar-refractivity contribution in [3.8, 4) is 28.3 Å². The Morgan fingerprint density at radius 1 is 0.822 bits per heavy atom. The van der Waals surface area contributed by atoms with E-state index >= 15 is 0 Å². The van der Waals surface area contributed by atoms with Gasteiger partial charge in [0.15, 0.2) is 5.78 Å².